The number of benzene rings is 2. The van der Waals surface area contributed by atoms with Crippen LogP contribution < -0.4 is 15.6 Å². The van der Waals surface area contributed by atoms with Crippen molar-refractivity contribution in [1.82, 2.24) is 15.1 Å². The van der Waals surface area contributed by atoms with Crippen molar-refractivity contribution in [2.45, 2.75) is 20.4 Å². The number of nitrogens with zero attached hydrogens (tertiary/aromatic N) is 2. The van der Waals surface area contributed by atoms with Gasteiger partial charge in [-0.15, -0.1) is 0 Å². The number of carbonyl (C=O) groups excluding carboxylic acids is 1. The van der Waals surface area contributed by atoms with Gasteiger partial charge in [0.25, 0.3) is 11.5 Å². The molecule has 0 fully saturated rings. The highest BCUT2D eigenvalue weighted by molar-refractivity contribution is 6.32. The van der Waals surface area contributed by atoms with Crippen LogP contribution in [0.2, 0.25) is 5.02 Å². The molecule has 1 N–H and O–H groups in total. The molecule has 0 bridgehead atoms. The number of rotatable bonds is 7. The van der Waals surface area contributed by atoms with Gasteiger partial charge in [0.1, 0.15) is 5.75 Å². The van der Waals surface area contributed by atoms with Crippen LogP contribution in [0.4, 0.5) is 0 Å². The molecule has 6 nitrogen and oxygen atoms in total. The van der Waals surface area contributed by atoms with Crippen LogP contribution in [0.25, 0.3) is 11.3 Å². The fourth-order valence-corrected chi connectivity index (χ4v) is 2.97. The SMILES string of the molecule is Cc1cc(OCC(=O)NCCn2nc(-c3ccccc3)ccc2=O)cc(C)c1Cl. The van der Waals surface area contributed by atoms with Crippen molar-refractivity contribution in [2.24, 2.45) is 0 Å². The molecular weight excluding hydrogens is 390 g/mol. The molecule has 0 spiro atoms. The first-order valence-electron chi connectivity index (χ1n) is 9.24. The van der Waals surface area contributed by atoms with Crippen LogP contribution in [0.3, 0.4) is 0 Å². The van der Waals surface area contributed by atoms with Crippen LogP contribution in [-0.2, 0) is 11.3 Å². The van der Waals surface area contributed by atoms with Crippen molar-refractivity contribution in [2.75, 3.05) is 13.2 Å². The largest absolute Gasteiger partial charge is 0.484 e. The summed E-state index contributed by atoms with van der Waals surface area (Å²) in [6.45, 7) is 4.19. The van der Waals surface area contributed by atoms with E-state index in [2.05, 4.69) is 10.4 Å². The van der Waals surface area contributed by atoms with Crippen molar-refractivity contribution in [3.8, 4) is 17.0 Å². The number of amides is 1. The lowest BCUT2D eigenvalue weighted by Crippen LogP contribution is -2.34. The molecular formula is C22H22ClN3O3. The number of ether oxygens (including phenoxy) is 1. The quantitative estimate of drug-likeness (QED) is 0.646. The second-order valence-electron chi connectivity index (χ2n) is 6.66. The predicted octanol–water partition coefficient (Wildman–Crippen LogP) is 3.38. The van der Waals surface area contributed by atoms with Gasteiger partial charge in [0.2, 0.25) is 0 Å². The fraction of sp³-hybridized carbons (Fsp3) is 0.227. The fourth-order valence-electron chi connectivity index (χ4n) is 2.86. The highest BCUT2D eigenvalue weighted by Crippen LogP contribution is 2.25. The maximum atomic E-state index is 12.0. The highest BCUT2D eigenvalue weighted by atomic mass is 35.5. The molecule has 0 radical (unpaired) electrons. The van der Waals surface area contributed by atoms with Crippen LogP contribution in [0.5, 0.6) is 5.75 Å². The van der Waals surface area contributed by atoms with E-state index >= 15 is 0 Å². The molecule has 0 atom stereocenters. The molecule has 0 aliphatic heterocycles. The van der Waals surface area contributed by atoms with Crippen molar-refractivity contribution < 1.29 is 9.53 Å². The van der Waals surface area contributed by atoms with Gasteiger partial charge in [-0.1, -0.05) is 41.9 Å². The molecule has 0 saturated heterocycles. The van der Waals surface area contributed by atoms with Crippen LogP contribution in [0, 0.1) is 13.8 Å². The Morgan fingerprint density at radius 1 is 1.10 bits per heavy atom. The second kappa shape index (κ2) is 9.39. The maximum absolute atomic E-state index is 12.0. The molecule has 2 aromatic carbocycles. The predicted molar refractivity (Wildman–Crippen MR) is 113 cm³/mol. The molecule has 150 valence electrons. The zero-order valence-electron chi connectivity index (χ0n) is 16.3. The van der Waals surface area contributed by atoms with Gasteiger partial charge in [0.05, 0.1) is 12.2 Å². The minimum Gasteiger partial charge on any atom is -0.484 e. The zero-order valence-corrected chi connectivity index (χ0v) is 17.1. The first-order valence-corrected chi connectivity index (χ1v) is 9.61. The second-order valence-corrected chi connectivity index (χ2v) is 7.03. The third-order valence-corrected chi connectivity index (χ3v) is 4.96. The first kappa shape index (κ1) is 20.6. The van der Waals surface area contributed by atoms with Crippen LogP contribution in [0.1, 0.15) is 11.1 Å². The van der Waals surface area contributed by atoms with Gasteiger partial charge in [-0.3, -0.25) is 9.59 Å². The topological polar surface area (TPSA) is 73.2 Å². The molecule has 0 unspecified atom stereocenters. The smallest absolute Gasteiger partial charge is 0.266 e. The first-order chi connectivity index (χ1) is 13.9. The van der Waals surface area contributed by atoms with Gasteiger partial charge < -0.3 is 10.1 Å². The lowest BCUT2D eigenvalue weighted by Gasteiger charge is -2.11. The van der Waals surface area contributed by atoms with E-state index in [1.165, 1.54) is 10.7 Å². The molecule has 1 amide bonds. The van der Waals surface area contributed by atoms with Crippen LogP contribution in [0.15, 0.2) is 59.4 Å². The Bertz CT molecular complexity index is 1040. The average molecular weight is 412 g/mol. The Morgan fingerprint density at radius 3 is 2.48 bits per heavy atom. The van der Waals surface area contributed by atoms with Crippen molar-refractivity contribution >= 4 is 17.5 Å². The van der Waals surface area contributed by atoms with Gasteiger partial charge in [-0.25, -0.2) is 4.68 Å². The van der Waals surface area contributed by atoms with Crippen LogP contribution >= 0.6 is 11.6 Å². The highest BCUT2D eigenvalue weighted by Gasteiger charge is 2.07. The van der Waals surface area contributed by atoms with E-state index in [0.717, 1.165) is 16.7 Å². The van der Waals surface area contributed by atoms with Gasteiger partial charge in [-0.2, -0.15) is 5.10 Å². The summed E-state index contributed by atoms with van der Waals surface area (Å²) >= 11 is 6.13. The minimum atomic E-state index is -0.275. The van der Waals surface area contributed by atoms with Crippen LogP contribution in [-0.4, -0.2) is 28.8 Å². The monoisotopic (exact) mass is 411 g/mol. The van der Waals surface area contributed by atoms with Crippen molar-refractivity contribution in [3.63, 3.8) is 0 Å². The van der Waals surface area contributed by atoms with E-state index < -0.39 is 0 Å². The lowest BCUT2D eigenvalue weighted by molar-refractivity contribution is -0.123. The van der Waals surface area contributed by atoms with Gasteiger partial charge >= 0.3 is 0 Å². The molecule has 0 aliphatic carbocycles. The van der Waals surface area contributed by atoms with E-state index in [1.807, 2.05) is 44.2 Å². The summed E-state index contributed by atoms with van der Waals surface area (Å²) in [6, 6.07) is 16.4. The van der Waals surface area contributed by atoms with E-state index in [9.17, 15) is 9.59 Å². The number of nitrogens with one attached hydrogen (secondary N) is 1. The van der Waals surface area contributed by atoms with E-state index in [-0.39, 0.29) is 31.2 Å². The Labute approximate surface area is 174 Å². The lowest BCUT2D eigenvalue weighted by atomic mass is 10.1. The minimum absolute atomic E-state index is 0.118. The maximum Gasteiger partial charge on any atom is 0.266 e. The summed E-state index contributed by atoms with van der Waals surface area (Å²) in [4.78, 5) is 24.1. The van der Waals surface area contributed by atoms with E-state index in [4.69, 9.17) is 16.3 Å². The number of carbonyl (C=O) groups is 1. The Balaban J connectivity index is 1.53. The third kappa shape index (κ3) is 5.45. The molecule has 3 rings (SSSR count). The Morgan fingerprint density at radius 2 is 1.79 bits per heavy atom. The number of aromatic nitrogens is 2. The normalized spacial score (nSPS) is 10.6. The molecule has 0 saturated carbocycles. The molecule has 0 aliphatic rings. The van der Waals surface area contributed by atoms with Gasteiger partial charge in [0, 0.05) is 23.2 Å². The summed E-state index contributed by atoms with van der Waals surface area (Å²) in [5.41, 5.74) is 3.19. The van der Waals surface area contributed by atoms with E-state index in [0.29, 0.717) is 16.5 Å². The Kier molecular flexibility index (Phi) is 6.67. The summed E-state index contributed by atoms with van der Waals surface area (Å²) in [6.07, 6.45) is 0. The molecule has 7 heteroatoms. The number of hydrogen-bond donors (Lipinski definition) is 1. The summed E-state index contributed by atoms with van der Waals surface area (Å²) in [7, 11) is 0. The van der Waals surface area contributed by atoms with Gasteiger partial charge in [0.15, 0.2) is 6.61 Å². The standard InChI is InChI=1S/C22H22ClN3O3/c1-15-12-18(13-16(2)22(15)23)29-14-20(27)24-10-11-26-21(28)9-8-19(25-26)17-6-4-3-5-7-17/h3-9,12-13H,10-11,14H2,1-2H3,(H,24,27). The summed E-state index contributed by atoms with van der Waals surface area (Å²) in [5, 5.41) is 7.80. The van der Waals surface area contributed by atoms with Crippen molar-refractivity contribution in [3.05, 3.63) is 81.1 Å². The third-order valence-electron chi connectivity index (χ3n) is 4.36. The molecule has 29 heavy (non-hydrogen) atoms. The molecule has 3 aromatic rings. The summed E-state index contributed by atoms with van der Waals surface area (Å²) in [5.74, 6) is 0.315. The average Bonchev–Trinajstić information content (AvgIpc) is 2.72. The summed E-state index contributed by atoms with van der Waals surface area (Å²) < 4.78 is 6.88. The Hall–Kier alpha value is -3.12. The van der Waals surface area contributed by atoms with Gasteiger partial charge in [-0.05, 0) is 43.2 Å². The zero-order chi connectivity index (χ0) is 20.8. The molecule has 1 heterocycles. The number of hydrogen-bond acceptors (Lipinski definition) is 4. The van der Waals surface area contributed by atoms with Crippen molar-refractivity contribution in [1.29, 1.82) is 0 Å². The number of halogens is 1. The molecule has 1 aromatic heterocycles. The number of aryl methyl sites for hydroxylation is 2. The van der Waals surface area contributed by atoms with E-state index in [1.54, 1.807) is 18.2 Å².